The van der Waals surface area contributed by atoms with E-state index >= 15 is 0 Å². The summed E-state index contributed by atoms with van der Waals surface area (Å²) in [4.78, 5) is 23.2. The Hall–Kier alpha value is -2.64. The molecule has 122 valence electrons. The third-order valence-corrected chi connectivity index (χ3v) is 3.89. The number of hydrogen-bond acceptors (Lipinski definition) is 6. The van der Waals surface area contributed by atoms with Crippen molar-refractivity contribution in [3.63, 3.8) is 0 Å². The smallest absolute Gasteiger partial charge is 0.259 e. The fourth-order valence-electron chi connectivity index (χ4n) is 2.80. The van der Waals surface area contributed by atoms with Crippen molar-refractivity contribution in [1.29, 1.82) is 0 Å². The lowest BCUT2D eigenvalue weighted by Crippen LogP contribution is -2.31. The minimum Gasteiger partial charge on any atom is -0.481 e. The van der Waals surface area contributed by atoms with Crippen molar-refractivity contribution < 1.29 is 14.3 Å². The Morgan fingerprint density at radius 3 is 2.78 bits per heavy atom. The molecule has 0 radical (unpaired) electrons. The number of nitrogens with one attached hydrogen (secondary N) is 1. The predicted octanol–water partition coefficient (Wildman–Crippen LogP) is 1.50. The van der Waals surface area contributed by atoms with Crippen LogP contribution in [0.3, 0.4) is 0 Å². The van der Waals surface area contributed by atoms with Crippen LogP contribution in [-0.2, 0) is 0 Å². The molecule has 1 unspecified atom stereocenters. The van der Waals surface area contributed by atoms with Crippen molar-refractivity contribution in [1.82, 2.24) is 25.1 Å². The highest BCUT2D eigenvalue weighted by molar-refractivity contribution is 5.96. The van der Waals surface area contributed by atoms with Crippen molar-refractivity contribution in [2.24, 2.45) is 0 Å². The predicted molar refractivity (Wildman–Crippen MR) is 81.5 cm³/mol. The van der Waals surface area contributed by atoms with Gasteiger partial charge in [-0.3, -0.25) is 9.89 Å². The molecule has 0 spiro atoms. The number of H-pyrrole nitrogens is 1. The summed E-state index contributed by atoms with van der Waals surface area (Å²) in [6.45, 7) is 2.50. The zero-order valence-corrected chi connectivity index (χ0v) is 13.4. The number of carbonyl (C=O) groups is 1. The highest BCUT2D eigenvalue weighted by Crippen LogP contribution is 2.33. The highest BCUT2D eigenvalue weighted by atomic mass is 16.5. The number of methoxy groups -OCH3 is 2. The van der Waals surface area contributed by atoms with Gasteiger partial charge in [0, 0.05) is 12.6 Å². The first-order valence-electron chi connectivity index (χ1n) is 7.43. The van der Waals surface area contributed by atoms with E-state index in [9.17, 15) is 4.79 Å². The number of nitrogens with zero attached hydrogens (tertiary/aromatic N) is 4. The molecule has 1 atom stereocenters. The molecule has 2 aromatic heterocycles. The highest BCUT2D eigenvalue weighted by Gasteiger charge is 2.34. The fourth-order valence-corrected chi connectivity index (χ4v) is 2.80. The topological polar surface area (TPSA) is 93.2 Å². The van der Waals surface area contributed by atoms with Gasteiger partial charge in [-0.15, -0.1) is 0 Å². The van der Waals surface area contributed by atoms with Gasteiger partial charge in [-0.2, -0.15) is 10.1 Å². The quantitative estimate of drug-likeness (QED) is 0.918. The molecular weight excluding hydrogens is 298 g/mol. The summed E-state index contributed by atoms with van der Waals surface area (Å²) in [7, 11) is 3.00. The van der Waals surface area contributed by atoms with E-state index in [2.05, 4.69) is 20.2 Å². The molecule has 1 amide bonds. The lowest BCUT2D eigenvalue weighted by atomic mass is 10.2. The average molecular weight is 317 g/mol. The minimum atomic E-state index is -0.137. The standard InChI is InChI=1S/C15H19N5O3/c1-9-16-13(19-18-9)11-5-4-8-20(11)15(21)10-6-7-12(22-2)17-14(10)23-3/h6-7,11H,4-5,8H2,1-3H3,(H,16,18,19). The normalized spacial score (nSPS) is 17.3. The molecule has 3 heterocycles. The molecular formula is C15H19N5O3. The van der Waals surface area contributed by atoms with Gasteiger partial charge >= 0.3 is 0 Å². The summed E-state index contributed by atoms with van der Waals surface area (Å²) < 4.78 is 10.3. The van der Waals surface area contributed by atoms with Gasteiger partial charge in [-0.25, -0.2) is 4.98 Å². The summed E-state index contributed by atoms with van der Waals surface area (Å²) in [5, 5.41) is 7.03. The lowest BCUT2D eigenvalue weighted by Gasteiger charge is -2.23. The Morgan fingerprint density at radius 1 is 1.30 bits per heavy atom. The molecule has 2 aromatic rings. The number of likely N-dealkylation sites (tertiary alicyclic amines) is 1. The second kappa shape index (κ2) is 6.23. The molecule has 0 saturated carbocycles. The number of carbonyl (C=O) groups excluding carboxylic acids is 1. The van der Waals surface area contributed by atoms with E-state index in [0.29, 0.717) is 23.8 Å². The number of aromatic amines is 1. The average Bonchev–Trinajstić information content (AvgIpc) is 3.22. The first kappa shape index (κ1) is 15.3. The minimum absolute atomic E-state index is 0.126. The van der Waals surface area contributed by atoms with Crippen LogP contribution < -0.4 is 9.47 Å². The van der Waals surface area contributed by atoms with E-state index in [-0.39, 0.29) is 17.8 Å². The molecule has 1 N–H and O–H groups in total. The molecule has 0 bridgehead atoms. The number of amides is 1. The number of aryl methyl sites for hydroxylation is 1. The van der Waals surface area contributed by atoms with Crippen LogP contribution in [0.15, 0.2) is 12.1 Å². The van der Waals surface area contributed by atoms with Gasteiger partial charge in [0.25, 0.3) is 5.91 Å². The molecule has 0 aromatic carbocycles. The second-order valence-electron chi connectivity index (χ2n) is 5.35. The van der Waals surface area contributed by atoms with E-state index in [1.807, 2.05) is 6.92 Å². The third kappa shape index (κ3) is 2.84. The number of aromatic nitrogens is 4. The molecule has 3 rings (SSSR count). The molecule has 1 aliphatic heterocycles. The van der Waals surface area contributed by atoms with Gasteiger partial charge in [0.15, 0.2) is 5.82 Å². The van der Waals surface area contributed by atoms with Gasteiger partial charge in [0.1, 0.15) is 11.4 Å². The molecule has 23 heavy (non-hydrogen) atoms. The molecule has 1 saturated heterocycles. The first-order chi connectivity index (χ1) is 11.1. The summed E-state index contributed by atoms with van der Waals surface area (Å²) in [5.74, 6) is 1.91. The number of hydrogen-bond donors (Lipinski definition) is 1. The van der Waals surface area contributed by atoms with E-state index in [0.717, 1.165) is 18.7 Å². The Balaban J connectivity index is 1.90. The third-order valence-electron chi connectivity index (χ3n) is 3.89. The number of ether oxygens (including phenoxy) is 2. The van der Waals surface area contributed by atoms with Crippen LogP contribution in [0.2, 0.25) is 0 Å². The Labute approximate surface area is 133 Å². The van der Waals surface area contributed by atoms with Crippen molar-refractivity contribution in [2.45, 2.75) is 25.8 Å². The van der Waals surface area contributed by atoms with Crippen LogP contribution in [0.25, 0.3) is 0 Å². The van der Waals surface area contributed by atoms with E-state index in [1.54, 1.807) is 17.0 Å². The van der Waals surface area contributed by atoms with Crippen molar-refractivity contribution in [3.05, 3.63) is 29.3 Å². The monoisotopic (exact) mass is 317 g/mol. The summed E-state index contributed by atoms with van der Waals surface area (Å²) in [6, 6.07) is 3.20. The largest absolute Gasteiger partial charge is 0.481 e. The van der Waals surface area contributed by atoms with Crippen molar-refractivity contribution in [2.75, 3.05) is 20.8 Å². The van der Waals surface area contributed by atoms with Crippen LogP contribution in [-0.4, -0.2) is 51.7 Å². The zero-order chi connectivity index (χ0) is 16.4. The zero-order valence-electron chi connectivity index (χ0n) is 13.4. The van der Waals surface area contributed by atoms with Crippen LogP contribution in [0, 0.1) is 6.92 Å². The van der Waals surface area contributed by atoms with E-state index < -0.39 is 0 Å². The first-order valence-corrected chi connectivity index (χ1v) is 7.43. The molecule has 1 aliphatic rings. The molecule has 8 nitrogen and oxygen atoms in total. The SMILES string of the molecule is COc1ccc(C(=O)N2CCCC2c2n[nH]c(C)n2)c(OC)n1. The van der Waals surface area contributed by atoms with Crippen LogP contribution in [0.4, 0.5) is 0 Å². The fraction of sp³-hybridized carbons (Fsp3) is 0.467. The van der Waals surface area contributed by atoms with Gasteiger partial charge in [0.2, 0.25) is 11.8 Å². The summed E-state index contributed by atoms with van der Waals surface area (Å²) in [5.41, 5.74) is 0.410. The summed E-state index contributed by atoms with van der Waals surface area (Å²) in [6.07, 6.45) is 1.75. The lowest BCUT2D eigenvalue weighted by molar-refractivity contribution is 0.0725. The maximum atomic E-state index is 12.9. The Morgan fingerprint density at radius 2 is 2.13 bits per heavy atom. The van der Waals surface area contributed by atoms with E-state index in [1.165, 1.54) is 14.2 Å². The maximum absolute atomic E-state index is 12.9. The van der Waals surface area contributed by atoms with Crippen molar-refractivity contribution in [3.8, 4) is 11.8 Å². The second-order valence-corrected chi connectivity index (χ2v) is 5.35. The van der Waals surface area contributed by atoms with Crippen LogP contribution >= 0.6 is 0 Å². The Bertz CT molecular complexity index is 715. The van der Waals surface area contributed by atoms with Crippen LogP contribution in [0.1, 0.15) is 40.9 Å². The molecule has 8 heteroatoms. The number of pyridine rings is 1. The number of rotatable bonds is 4. The summed E-state index contributed by atoms with van der Waals surface area (Å²) >= 11 is 0. The maximum Gasteiger partial charge on any atom is 0.259 e. The van der Waals surface area contributed by atoms with Gasteiger partial charge < -0.3 is 14.4 Å². The van der Waals surface area contributed by atoms with Crippen molar-refractivity contribution >= 4 is 5.91 Å². The Kier molecular flexibility index (Phi) is 4.14. The molecule has 1 fully saturated rings. The van der Waals surface area contributed by atoms with Crippen LogP contribution in [0.5, 0.6) is 11.8 Å². The van der Waals surface area contributed by atoms with Gasteiger partial charge in [0.05, 0.1) is 20.3 Å². The van der Waals surface area contributed by atoms with Gasteiger partial charge in [-0.05, 0) is 25.8 Å². The van der Waals surface area contributed by atoms with Gasteiger partial charge in [-0.1, -0.05) is 0 Å². The van der Waals surface area contributed by atoms with E-state index in [4.69, 9.17) is 9.47 Å². The molecule has 0 aliphatic carbocycles.